The van der Waals surface area contributed by atoms with E-state index in [0.717, 1.165) is 11.1 Å². The molecule has 1 heterocycles. The minimum atomic E-state index is -4.73. The van der Waals surface area contributed by atoms with Crippen LogP contribution in [0.15, 0.2) is 53.1 Å². The Labute approximate surface area is 175 Å². The van der Waals surface area contributed by atoms with Crippen LogP contribution in [0, 0.1) is 0 Å². The van der Waals surface area contributed by atoms with Crippen LogP contribution in [-0.4, -0.2) is 29.0 Å². The molecule has 0 atom stereocenters. The summed E-state index contributed by atoms with van der Waals surface area (Å²) in [5.74, 6) is 0.336. The second-order valence-corrected chi connectivity index (χ2v) is 6.75. The number of alkyl halides is 3. The van der Waals surface area contributed by atoms with Crippen LogP contribution in [0.3, 0.4) is 0 Å². The standard InChI is InChI=1S/C20H17ClF3N3O3/c21-15-6-4-14(5-7-15)19-26-18(30-27-19)11-12-25-17(28)10-3-13-1-8-16(9-2-13)29-20(22,23)24/h1-2,4-9H,3,10-12H2,(H,25,28). The van der Waals surface area contributed by atoms with Crippen molar-refractivity contribution >= 4 is 17.5 Å². The zero-order chi connectivity index (χ0) is 21.6. The predicted octanol–water partition coefficient (Wildman–Crippen LogP) is 4.58. The second kappa shape index (κ2) is 9.62. The van der Waals surface area contributed by atoms with E-state index < -0.39 is 6.36 Å². The summed E-state index contributed by atoms with van der Waals surface area (Å²) in [5, 5.41) is 7.25. The molecular weight excluding hydrogens is 423 g/mol. The Morgan fingerprint density at radius 3 is 2.43 bits per heavy atom. The Morgan fingerprint density at radius 1 is 1.07 bits per heavy atom. The fourth-order valence-corrected chi connectivity index (χ4v) is 2.71. The van der Waals surface area contributed by atoms with E-state index in [-0.39, 0.29) is 18.1 Å². The fourth-order valence-electron chi connectivity index (χ4n) is 2.59. The quantitative estimate of drug-likeness (QED) is 0.556. The molecular formula is C20H17ClF3N3O3. The van der Waals surface area contributed by atoms with Gasteiger partial charge in [-0.15, -0.1) is 13.2 Å². The number of halogens is 4. The van der Waals surface area contributed by atoms with Gasteiger partial charge in [0.1, 0.15) is 5.75 Å². The summed E-state index contributed by atoms with van der Waals surface area (Å²) < 4.78 is 45.4. The van der Waals surface area contributed by atoms with Crippen molar-refractivity contribution in [3.8, 4) is 17.1 Å². The van der Waals surface area contributed by atoms with Crippen LogP contribution in [-0.2, 0) is 17.6 Å². The average Bonchev–Trinajstić information content (AvgIpc) is 3.16. The summed E-state index contributed by atoms with van der Waals surface area (Å²) >= 11 is 5.85. The number of nitrogens with one attached hydrogen (secondary N) is 1. The van der Waals surface area contributed by atoms with Gasteiger partial charge in [-0.25, -0.2) is 0 Å². The molecule has 0 saturated heterocycles. The van der Waals surface area contributed by atoms with Gasteiger partial charge in [0.15, 0.2) is 0 Å². The molecule has 0 saturated carbocycles. The molecule has 0 bridgehead atoms. The summed E-state index contributed by atoms with van der Waals surface area (Å²) in [6.45, 7) is 0.319. The number of rotatable bonds is 8. The first kappa shape index (κ1) is 21.6. The molecule has 6 nitrogen and oxygen atoms in total. The SMILES string of the molecule is O=C(CCc1ccc(OC(F)(F)F)cc1)NCCc1nc(-c2ccc(Cl)cc2)no1. The molecule has 0 aliphatic carbocycles. The first-order chi connectivity index (χ1) is 14.3. The molecule has 0 aliphatic rings. The Kier molecular flexibility index (Phi) is 6.94. The number of aryl methyl sites for hydroxylation is 1. The summed E-state index contributed by atoms with van der Waals surface area (Å²) in [6, 6.07) is 12.4. The van der Waals surface area contributed by atoms with Crippen molar-refractivity contribution in [2.75, 3.05) is 6.54 Å². The van der Waals surface area contributed by atoms with Crippen molar-refractivity contribution < 1.29 is 27.2 Å². The predicted molar refractivity (Wildman–Crippen MR) is 103 cm³/mol. The maximum atomic E-state index is 12.1. The van der Waals surface area contributed by atoms with E-state index in [4.69, 9.17) is 16.1 Å². The lowest BCUT2D eigenvalue weighted by Crippen LogP contribution is -2.25. The van der Waals surface area contributed by atoms with Crippen LogP contribution >= 0.6 is 11.6 Å². The molecule has 1 aromatic heterocycles. The van der Waals surface area contributed by atoms with E-state index >= 15 is 0 Å². The van der Waals surface area contributed by atoms with Crippen molar-refractivity contribution in [1.29, 1.82) is 0 Å². The molecule has 1 N–H and O–H groups in total. The number of ether oxygens (including phenoxy) is 1. The first-order valence-corrected chi connectivity index (χ1v) is 9.36. The summed E-state index contributed by atoms with van der Waals surface area (Å²) in [5.41, 5.74) is 1.49. The second-order valence-electron chi connectivity index (χ2n) is 6.31. The number of hydrogen-bond donors (Lipinski definition) is 1. The van der Waals surface area contributed by atoms with Gasteiger partial charge in [-0.05, 0) is 48.4 Å². The van der Waals surface area contributed by atoms with Crippen molar-refractivity contribution in [3.63, 3.8) is 0 Å². The lowest BCUT2D eigenvalue weighted by atomic mass is 10.1. The van der Waals surface area contributed by atoms with Gasteiger partial charge >= 0.3 is 6.36 Å². The number of hydrogen-bond acceptors (Lipinski definition) is 5. The van der Waals surface area contributed by atoms with Crippen molar-refractivity contribution in [2.45, 2.75) is 25.6 Å². The third-order valence-corrected chi connectivity index (χ3v) is 4.28. The average molecular weight is 440 g/mol. The monoisotopic (exact) mass is 439 g/mol. The Bertz CT molecular complexity index is 973. The molecule has 0 aliphatic heterocycles. The third kappa shape index (κ3) is 6.77. The Morgan fingerprint density at radius 2 is 1.77 bits per heavy atom. The van der Waals surface area contributed by atoms with E-state index in [1.807, 2.05) is 0 Å². The molecule has 158 valence electrons. The molecule has 3 aromatic rings. The van der Waals surface area contributed by atoms with Crippen LogP contribution in [0.5, 0.6) is 5.75 Å². The molecule has 0 spiro atoms. The smallest absolute Gasteiger partial charge is 0.406 e. The number of nitrogens with zero attached hydrogens (tertiary/aromatic N) is 2. The summed E-state index contributed by atoms with van der Waals surface area (Å²) in [4.78, 5) is 16.2. The van der Waals surface area contributed by atoms with E-state index in [2.05, 4.69) is 20.2 Å². The largest absolute Gasteiger partial charge is 0.573 e. The normalized spacial score (nSPS) is 11.3. The highest BCUT2D eigenvalue weighted by molar-refractivity contribution is 6.30. The summed E-state index contributed by atoms with van der Waals surface area (Å²) in [6.07, 6.45) is -3.77. The highest BCUT2D eigenvalue weighted by atomic mass is 35.5. The molecule has 1 amide bonds. The number of amides is 1. The maximum absolute atomic E-state index is 12.1. The van der Waals surface area contributed by atoms with Crippen LogP contribution in [0.25, 0.3) is 11.4 Å². The third-order valence-electron chi connectivity index (χ3n) is 4.03. The topological polar surface area (TPSA) is 77.2 Å². The molecule has 0 radical (unpaired) electrons. The molecule has 3 rings (SSSR count). The van der Waals surface area contributed by atoms with Gasteiger partial charge in [-0.2, -0.15) is 4.98 Å². The molecule has 2 aromatic carbocycles. The molecule has 30 heavy (non-hydrogen) atoms. The van der Waals surface area contributed by atoms with Gasteiger partial charge in [0.2, 0.25) is 17.6 Å². The number of carbonyl (C=O) groups excluding carboxylic acids is 1. The van der Waals surface area contributed by atoms with Gasteiger partial charge in [0.05, 0.1) is 0 Å². The number of carbonyl (C=O) groups is 1. The first-order valence-electron chi connectivity index (χ1n) is 8.98. The fraction of sp³-hybridized carbons (Fsp3) is 0.250. The zero-order valence-electron chi connectivity index (χ0n) is 15.6. The van der Waals surface area contributed by atoms with Crippen molar-refractivity contribution in [3.05, 3.63) is 65.0 Å². The van der Waals surface area contributed by atoms with Gasteiger partial charge in [0.25, 0.3) is 0 Å². The van der Waals surface area contributed by atoms with Gasteiger partial charge in [0, 0.05) is 30.0 Å². The lowest BCUT2D eigenvalue weighted by molar-refractivity contribution is -0.274. The number of benzene rings is 2. The van der Waals surface area contributed by atoms with Crippen LogP contribution in [0.4, 0.5) is 13.2 Å². The Hall–Kier alpha value is -3.07. The lowest BCUT2D eigenvalue weighted by Gasteiger charge is -2.09. The molecule has 0 unspecified atom stereocenters. The van der Waals surface area contributed by atoms with E-state index in [1.165, 1.54) is 24.3 Å². The number of aromatic nitrogens is 2. The minimum Gasteiger partial charge on any atom is -0.406 e. The van der Waals surface area contributed by atoms with Crippen LogP contribution in [0.1, 0.15) is 17.9 Å². The van der Waals surface area contributed by atoms with Gasteiger partial charge in [-0.3, -0.25) is 4.79 Å². The van der Waals surface area contributed by atoms with Crippen molar-refractivity contribution in [1.82, 2.24) is 15.5 Å². The van der Waals surface area contributed by atoms with E-state index in [9.17, 15) is 18.0 Å². The maximum Gasteiger partial charge on any atom is 0.573 e. The minimum absolute atomic E-state index is 0.192. The zero-order valence-corrected chi connectivity index (χ0v) is 16.3. The van der Waals surface area contributed by atoms with Gasteiger partial charge in [-0.1, -0.05) is 28.9 Å². The Balaban J connectivity index is 1.39. The highest BCUT2D eigenvalue weighted by Gasteiger charge is 2.30. The van der Waals surface area contributed by atoms with E-state index in [0.29, 0.717) is 36.1 Å². The molecule has 0 fully saturated rings. The summed E-state index contributed by atoms with van der Waals surface area (Å²) in [7, 11) is 0. The van der Waals surface area contributed by atoms with Gasteiger partial charge < -0.3 is 14.6 Å². The van der Waals surface area contributed by atoms with Crippen LogP contribution < -0.4 is 10.1 Å². The highest BCUT2D eigenvalue weighted by Crippen LogP contribution is 2.23. The van der Waals surface area contributed by atoms with E-state index in [1.54, 1.807) is 24.3 Å². The van der Waals surface area contributed by atoms with Crippen molar-refractivity contribution in [2.24, 2.45) is 0 Å². The molecule has 10 heteroatoms. The van der Waals surface area contributed by atoms with Crippen LogP contribution in [0.2, 0.25) is 5.02 Å².